The van der Waals surface area contributed by atoms with E-state index in [4.69, 9.17) is 4.74 Å². The molecule has 31 heavy (non-hydrogen) atoms. The second-order valence-corrected chi connectivity index (χ2v) is 10.1. The molecule has 170 valence electrons. The zero-order valence-corrected chi connectivity index (χ0v) is 18.6. The van der Waals surface area contributed by atoms with Crippen LogP contribution < -0.4 is 14.8 Å². The number of nitrogens with one attached hydrogen (secondary N) is 1. The largest absolute Gasteiger partial charge is 0.493 e. The molecule has 1 fully saturated rings. The number of methoxy groups -OCH3 is 1. The number of piperidine rings is 1. The lowest BCUT2D eigenvalue weighted by atomic mass is 9.97. The first-order valence-corrected chi connectivity index (χ1v) is 12.1. The van der Waals surface area contributed by atoms with Crippen molar-refractivity contribution in [3.05, 3.63) is 41.3 Å². The lowest BCUT2D eigenvalue weighted by Gasteiger charge is -2.30. The summed E-state index contributed by atoms with van der Waals surface area (Å²) in [7, 11) is -2.12. The van der Waals surface area contributed by atoms with Crippen LogP contribution in [0.15, 0.2) is 39.9 Å². The number of thiophene rings is 1. The monoisotopic (exact) mass is 474 g/mol. The molecule has 3 rings (SSSR count). The quantitative estimate of drug-likeness (QED) is 0.604. The molecule has 0 spiro atoms. The molecule has 1 saturated heterocycles. The van der Waals surface area contributed by atoms with Gasteiger partial charge in [0.05, 0.1) is 7.11 Å². The number of sulfonamides is 1. The molecule has 7 nitrogen and oxygen atoms in total. The van der Waals surface area contributed by atoms with Gasteiger partial charge in [-0.3, -0.25) is 4.79 Å². The highest BCUT2D eigenvalue weighted by Gasteiger charge is 2.32. The number of benzene rings is 1. The number of alkyl halides is 2. The van der Waals surface area contributed by atoms with Crippen LogP contribution in [0.3, 0.4) is 0 Å². The standard InChI is InChI=1S/C20H24F2N2O5S2/c1-28-17-13-14(4-5-16(17)29-20(21)22)6-9-23-19(25)15-7-10-24(11-8-15)31(26,27)18-3-2-12-30-18/h2-5,12-13,15,20H,6-11H2,1H3,(H,23,25). The molecule has 1 amide bonds. The predicted molar refractivity (Wildman–Crippen MR) is 112 cm³/mol. The first kappa shape index (κ1) is 23.4. The highest BCUT2D eigenvalue weighted by Crippen LogP contribution is 2.30. The molecule has 2 aromatic rings. The highest BCUT2D eigenvalue weighted by atomic mass is 32.2. The number of carbonyl (C=O) groups is 1. The summed E-state index contributed by atoms with van der Waals surface area (Å²) in [6.45, 7) is -1.96. The summed E-state index contributed by atoms with van der Waals surface area (Å²) < 4.78 is 61.2. The molecule has 0 aliphatic carbocycles. The normalized spacial score (nSPS) is 15.7. The van der Waals surface area contributed by atoms with Crippen LogP contribution in [0.5, 0.6) is 11.5 Å². The Morgan fingerprint density at radius 2 is 2.00 bits per heavy atom. The minimum absolute atomic E-state index is 0.0467. The molecule has 1 N–H and O–H groups in total. The Morgan fingerprint density at radius 1 is 1.26 bits per heavy atom. The number of rotatable bonds is 9. The van der Waals surface area contributed by atoms with Crippen molar-refractivity contribution >= 4 is 27.3 Å². The summed E-state index contributed by atoms with van der Waals surface area (Å²) in [6, 6.07) is 7.93. The lowest BCUT2D eigenvalue weighted by Crippen LogP contribution is -2.43. The average molecular weight is 475 g/mol. The highest BCUT2D eigenvalue weighted by molar-refractivity contribution is 7.91. The van der Waals surface area contributed by atoms with Crippen LogP contribution in [0.2, 0.25) is 0 Å². The van der Waals surface area contributed by atoms with Gasteiger partial charge < -0.3 is 14.8 Å². The SMILES string of the molecule is COc1cc(CCNC(=O)C2CCN(S(=O)(=O)c3cccs3)CC2)ccc1OC(F)F. The summed E-state index contributed by atoms with van der Waals surface area (Å²) in [6.07, 6.45) is 1.41. The molecule has 2 heterocycles. The van der Waals surface area contributed by atoms with Gasteiger partial charge in [0, 0.05) is 25.6 Å². The molecule has 0 unspecified atom stereocenters. The number of hydrogen-bond donors (Lipinski definition) is 1. The maximum Gasteiger partial charge on any atom is 0.387 e. The topological polar surface area (TPSA) is 84.9 Å². The fourth-order valence-electron chi connectivity index (χ4n) is 3.43. The molecule has 0 bridgehead atoms. The Balaban J connectivity index is 1.47. The third kappa shape index (κ3) is 5.92. The average Bonchev–Trinajstić information content (AvgIpc) is 3.30. The van der Waals surface area contributed by atoms with Gasteiger partial charge in [-0.15, -0.1) is 11.3 Å². The minimum Gasteiger partial charge on any atom is -0.493 e. The van der Waals surface area contributed by atoms with Crippen LogP contribution in [0.4, 0.5) is 8.78 Å². The number of amides is 1. The molecule has 0 saturated carbocycles. The van der Waals surface area contributed by atoms with Crippen LogP contribution in [0, 0.1) is 5.92 Å². The van der Waals surface area contributed by atoms with Crippen molar-refractivity contribution in [1.82, 2.24) is 9.62 Å². The van der Waals surface area contributed by atoms with Gasteiger partial charge in [0.15, 0.2) is 11.5 Å². The molecule has 1 aliphatic heterocycles. The van der Waals surface area contributed by atoms with E-state index in [1.807, 2.05) is 0 Å². The van der Waals surface area contributed by atoms with E-state index in [1.54, 1.807) is 29.6 Å². The number of nitrogens with zero attached hydrogens (tertiary/aromatic N) is 1. The lowest BCUT2D eigenvalue weighted by molar-refractivity contribution is -0.126. The van der Waals surface area contributed by atoms with E-state index in [1.165, 1.54) is 28.8 Å². The van der Waals surface area contributed by atoms with Gasteiger partial charge in [-0.25, -0.2) is 8.42 Å². The van der Waals surface area contributed by atoms with Crippen molar-refractivity contribution < 1.29 is 31.5 Å². The van der Waals surface area contributed by atoms with Gasteiger partial charge in [0.2, 0.25) is 5.91 Å². The third-order valence-corrected chi connectivity index (χ3v) is 8.34. The molecular formula is C20H24F2N2O5S2. The van der Waals surface area contributed by atoms with Gasteiger partial charge in [-0.05, 0) is 48.4 Å². The first-order valence-electron chi connectivity index (χ1n) is 9.74. The maximum absolute atomic E-state index is 12.6. The van der Waals surface area contributed by atoms with Gasteiger partial charge in [-0.1, -0.05) is 12.1 Å². The van der Waals surface area contributed by atoms with Crippen molar-refractivity contribution in [1.29, 1.82) is 0 Å². The number of ether oxygens (including phenoxy) is 2. The first-order chi connectivity index (χ1) is 14.8. The van der Waals surface area contributed by atoms with E-state index in [0.29, 0.717) is 43.1 Å². The summed E-state index contributed by atoms with van der Waals surface area (Å²) in [4.78, 5) is 12.5. The van der Waals surface area contributed by atoms with E-state index < -0.39 is 16.6 Å². The van der Waals surface area contributed by atoms with E-state index in [9.17, 15) is 22.0 Å². The molecule has 11 heteroatoms. The second-order valence-electron chi connectivity index (χ2n) is 7.02. The van der Waals surface area contributed by atoms with Crippen LogP contribution in [-0.4, -0.2) is 52.0 Å². The van der Waals surface area contributed by atoms with Crippen LogP contribution >= 0.6 is 11.3 Å². The zero-order valence-electron chi connectivity index (χ0n) is 16.9. The summed E-state index contributed by atoms with van der Waals surface area (Å²) in [5.41, 5.74) is 0.802. The van der Waals surface area contributed by atoms with Gasteiger partial charge >= 0.3 is 6.61 Å². The Hall–Kier alpha value is -2.24. The van der Waals surface area contributed by atoms with Crippen molar-refractivity contribution in [3.8, 4) is 11.5 Å². The van der Waals surface area contributed by atoms with E-state index in [-0.39, 0.29) is 23.3 Å². The van der Waals surface area contributed by atoms with Crippen LogP contribution in [0.1, 0.15) is 18.4 Å². The Morgan fingerprint density at radius 3 is 2.61 bits per heavy atom. The van der Waals surface area contributed by atoms with Crippen molar-refractivity contribution in [3.63, 3.8) is 0 Å². The van der Waals surface area contributed by atoms with Gasteiger partial charge in [0.25, 0.3) is 10.0 Å². The minimum atomic E-state index is -3.49. The fourth-order valence-corrected chi connectivity index (χ4v) is 6.05. The van der Waals surface area contributed by atoms with E-state index in [2.05, 4.69) is 10.1 Å². The van der Waals surface area contributed by atoms with Gasteiger partial charge in [0.1, 0.15) is 4.21 Å². The van der Waals surface area contributed by atoms with Crippen LogP contribution in [-0.2, 0) is 21.2 Å². The molecule has 1 aromatic carbocycles. The summed E-state index contributed by atoms with van der Waals surface area (Å²) in [5.74, 6) is -0.207. The van der Waals surface area contributed by atoms with E-state index in [0.717, 1.165) is 5.56 Å². The molecular weight excluding hydrogens is 450 g/mol. The summed E-state index contributed by atoms with van der Waals surface area (Å²) >= 11 is 1.18. The third-order valence-electron chi connectivity index (χ3n) is 5.07. The number of halogens is 2. The smallest absolute Gasteiger partial charge is 0.387 e. The Bertz CT molecular complexity index is 975. The van der Waals surface area contributed by atoms with Crippen molar-refractivity contribution in [2.75, 3.05) is 26.7 Å². The molecule has 0 atom stereocenters. The summed E-state index contributed by atoms with van der Waals surface area (Å²) in [5, 5.41) is 4.59. The zero-order chi connectivity index (χ0) is 22.4. The second kappa shape index (κ2) is 10.4. The fraction of sp³-hybridized carbons (Fsp3) is 0.450. The van der Waals surface area contributed by atoms with Gasteiger partial charge in [-0.2, -0.15) is 13.1 Å². The Kier molecular flexibility index (Phi) is 7.84. The number of hydrogen-bond acceptors (Lipinski definition) is 6. The number of carbonyl (C=O) groups excluding carboxylic acids is 1. The van der Waals surface area contributed by atoms with Crippen LogP contribution in [0.25, 0.3) is 0 Å². The molecule has 1 aromatic heterocycles. The van der Waals surface area contributed by atoms with Crippen molar-refractivity contribution in [2.24, 2.45) is 5.92 Å². The molecule has 1 aliphatic rings. The Labute approximate surface area is 184 Å². The predicted octanol–water partition coefficient (Wildman–Crippen LogP) is 3.12. The van der Waals surface area contributed by atoms with E-state index >= 15 is 0 Å². The maximum atomic E-state index is 12.6. The molecule has 0 radical (unpaired) electrons. The van der Waals surface area contributed by atoms with Crippen molar-refractivity contribution in [2.45, 2.75) is 30.1 Å².